The Kier molecular flexibility index (Phi) is 5.02. The molecular weight excluding hydrogens is 366 g/mol. The van der Waals surface area contributed by atoms with Crippen molar-refractivity contribution in [3.8, 4) is 11.3 Å². The average molecular weight is 381 g/mol. The fraction of sp³-hybridized carbons (Fsp3) is 0.222. The fourth-order valence-corrected chi connectivity index (χ4v) is 2.60. The van der Waals surface area contributed by atoms with Crippen LogP contribution < -0.4 is 0 Å². The predicted molar refractivity (Wildman–Crippen MR) is 88.5 cm³/mol. The minimum absolute atomic E-state index is 0.177. The summed E-state index contributed by atoms with van der Waals surface area (Å²) in [6.45, 7) is 2.18. The molecule has 0 fully saturated rings. The Bertz CT molecular complexity index is 960. The average Bonchev–Trinajstić information content (AvgIpc) is 3.24. The minimum atomic E-state index is -4.77. The zero-order valence-corrected chi connectivity index (χ0v) is 14.2. The highest BCUT2D eigenvalue weighted by Crippen LogP contribution is 2.35. The molecule has 0 radical (unpaired) electrons. The quantitative estimate of drug-likeness (QED) is 0.531. The monoisotopic (exact) mass is 381 g/mol. The van der Waals surface area contributed by atoms with Crippen LogP contribution in [0.3, 0.4) is 0 Å². The van der Waals surface area contributed by atoms with Crippen molar-refractivity contribution in [2.45, 2.75) is 19.6 Å². The molecular formula is C18H15F4N3O2. The lowest BCUT2D eigenvalue weighted by Crippen LogP contribution is -2.08. The minimum Gasteiger partial charge on any atom is -0.462 e. The topological polar surface area (TPSA) is 59.9 Å². The molecule has 0 atom stereocenters. The van der Waals surface area contributed by atoms with Gasteiger partial charge in [0, 0.05) is 23.7 Å². The molecule has 3 aromatic rings. The molecule has 0 bridgehead atoms. The molecule has 0 amide bonds. The van der Waals surface area contributed by atoms with Gasteiger partial charge in [-0.15, -0.1) is 0 Å². The van der Waals surface area contributed by atoms with E-state index in [0.717, 1.165) is 6.07 Å². The Morgan fingerprint density at radius 1 is 1.33 bits per heavy atom. The molecule has 27 heavy (non-hydrogen) atoms. The molecule has 0 spiro atoms. The Morgan fingerprint density at radius 2 is 2.11 bits per heavy atom. The number of halogens is 4. The van der Waals surface area contributed by atoms with Crippen molar-refractivity contribution in [1.82, 2.24) is 14.8 Å². The van der Waals surface area contributed by atoms with Crippen molar-refractivity contribution >= 4 is 5.97 Å². The summed E-state index contributed by atoms with van der Waals surface area (Å²) in [5.41, 5.74) is -0.339. The molecule has 0 unspecified atom stereocenters. The van der Waals surface area contributed by atoms with Gasteiger partial charge in [-0.25, -0.2) is 9.18 Å². The van der Waals surface area contributed by atoms with Gasteiger partial charge in [0.05, 0.1) is 30.5 Å². The van der Waals surface area contributed by atoms with Crippen molar-refractivity contribution in [2.75, 3.05) is 6.61 Å². The molecule has 0 aliphatic carbocycles. The molecule has 0 aliphatic rings. The summed E-state index contributed by atoms with van der Waals surface area (Å²) >= 11 is 0. The largest absolute Gasteiger partial charge is 0.462 e. The van der Waals surface area contributed by atoms with Crippen LogP contribution in [-0.4, -0.2) is 27.3 Å². The van der Waals surface area contributed by atoms with E-state index < -0.39 is 23.5 Å². The molecule has 0 saturated heterocycles. The highest BCUT2D eigenvalue weighted by atomic mass is 19.4. The fourth-order valence-electron chi connectivity index (χ4n) is 2.60. The van der Waals surface area contributed by atoms with Crippen LogP contribution in [0.25, 0.3) is 11.3 Å². The van der Waals surface area contributed by atoms with E-state index in [1.165, 1.54) is 29.2 Å². The Balaban J connectivity index is 1.81. The molecule has 1 N–H and O–H groups in total. The Morgan fingerprint density at radius 3 is 2.81 bits per heavy atom. The molecule has 0 saturated carbocycles. The third kappa shape index (κ3) is 4.02. The van der Waals surface area contributed by atoms with E-state index in [2.05, 4.69) is 10.1 Å². The number of esters is 1. The standard InChI is InChI=1S/C18H15F4N3O2/c1-2-27-17(26)12-8-24-25(10-12)9-11-6-15(23-7-11)13-4-3-5-14(16(13)19)18(20,21)22/h3-8,10,23H,2,9H2,1H3. The van der Waals surface area contributed by atoms with Gasteiger partial charge in [0.15, 0.2) is 0 Å². The van der Waals surface area contributed by atoms with Crippen LogP contribution in [0.4, 0.5) is 17.6 Å². The van der Waals surface area contributed by atoms with E-state index in [4.69, 9.17) is 4.74 Å². The van der Waals surface area contributed by atoms with Gasteiger partial charge in [-0.1, -0.05) is 6.07 Å². The maximum Gasteiger partial charge on any atom is 0.419 e. The smallest absolute Gasteiger partial charge is 0.419 e. The van der Waals surface area contributed by atoms with Crippen LogP contribution in [0, 0.1) is 5.82 Å². The molecule has 142 valence electrons. The summed E-state index contributed by atoms with van der Waals surface area (Å²) in [6, 6.07) is 4.65. The number of benzene rings is 1. The van der Waals surface area contributed by atoms with Gasteiger partial charge in [0.25, 0.3) is 0 Å². The zero-order valence-electron chi connectivity index (χ0n) is 14.2. The molecule has 2 heterocycles. The van der Waals surface area contributed by atoms with E-state index in [9.17, 15) is 22.4 Å². The summed E-state index contributed by atoms with van der Waals surface area (Å²) in [4.78, 5) is 14.4. The van der Waals surface area contributed by atoms with Crippen LogP contribution in [0.15, 0.2) is 42.9 Å². The highest BCUT2D eigenvalue weighted by molar-refractivity contribution is 5.88. The number of nitrogens with zero attached hydrogens (tertiary/aromatic N) is 2. The maximum atomic E-state index is 14.2. The lowest BCUT2D eigenvalue weighted by atomic mass is 10.1. The van der Waals surface area contributed by atoms with Gasteiger partial charge in [-0.2, -0.15) is 18.3 Å². The van der Waals surface area contributed by atoms with Crippen LogP contribution in [0.5, 0.6) is 0 Å². The summed E-state index contributed by atoms with van der Waals surface area (Å²) in [5.74, 6) is -1.83. The van der Waals surface area contributed by atoms with Crippen LogP contribution in [-0.2, 0) is 17.5 Å². The SMILES string of the molecule is CCOC(=O)c1cnn(Cc2c[nH]c(-c3cccc(C(F)(F)F)c3F)c2)c1. The molecule has 1 aromatic carbocycles. The predicted octanol–water partition coefficient (Wildman–Crippen LogP) is 4.26. The second-order valence-corrected chi connectivity index (χ2v) is 5.73. The molecule has 0 aliphatic heterocycles. The molecule has 2 aromatic heterocycles. The molecule has 3 rings (SSSR count). The summed E-state index contributed by atoms with van der Waals surface area (Å²) in [6.07, 6.45) is -0.373. The van der Waals surface area contributed by atoms with Gasteiger partial charge in [-0.05, 0) is 30.7 Å². The normalized spacial score (nSPS) is 11.6. The first-order valence-corrected chi connectivity index (χ1v) is 8.02. The summed E-state index contributed by atoms with van der Waals surface area (Å²) < 4.78 is 59.2. The maximum absolute atomic E-state index is 14.2. The number of nitrogens with one attached hydrogen (secondary N) is 1. The van der Waals surface area contributed by atoms with Gasteiger partial charge in [0.2, 0.25) is 0 Å². The number of hydrogen-bond acceptors (Lipinski definition) is 3. The number of aromatic nitrogens is 3. The Hall–Kier alpha value is -3.10. The number of aromatic amines is 1. The number of hydrogen-bond donors (Lipinski definition) is 1. The van der Waals surface area contributed by atoms with Crippen LogP contribution in [0.1, 0.15) is 28.4 Å². The number of alkyl halides is 3. The summed E-state index contributed by atoms with van der Waals surface area (Å²) in [5, 5.41) is 4.04. The highest BCUT2D eigenvalue weighted by Gasteiger charge is 2.35. The first kappa shape index (κ1) is 18.7. The number of H-pyrrole nitrogens is 1. The number of ether oxygens (including phenoxy) is 1. The second-order valence-electron chi connectivity index (χ2n) is 5.73. The Labute approximate surface area is 151 Å². The van der Waals surface area contributed by atoms with E-state index in [-0.39, 0.29) is 30.0 Å². The van der Waals surface area contributed by atoms with E-state index in [1.54, 1.807) is 13.1 Å². The second kappa shape index (κ2) is 7.26. The third-order valence-electron chi connectivity index (χ3n) is 3.83. The van der Waals surface area contributed by atoms with Crippen molar-refractivity contribution in [2.24, 2.45) is 0 Å². The van der Waals surface area contributed by atoms with Crippen LogP contribution in [0.2, 0.25) is 0 Å². The van der Waals surface area contributed by atoms with Gasteiger partial charge >= 0.3 is 12.1 Å². The summed E-state index contributed by atoms with van der Waals surface area (Å²) in [7, 11) is 0. The van der Waals surface area contributed by atoms with E-state index in [1.807, 2.05) is 0 Å². The van der Waals surface area contributed by atoms with Gasteiger partial charge in [-0.3, -0.25) is 4.68 Å². The van der Waals surface area contributed by atoms with Crippen molar-refractivity contribution < 1.29 is 27.1 Å². The first-order chi connectivity index (χ1) is 12.8. The van der Waals surface area contributed by atoms with Crippen molar-refractivity contribution in [1.29, 1.82) is 0 Å². The zero-order chi connectivity index (χ0) is 19.6. The van der Waals surface area contributed by atoms with Crippen LogP contribution >= 0.6 is 0 Å². The van der Waals surface area contributed by atoms with Crippen molar-refractivity contribution in [3.05, 3.63) is 65.4 Å². The molecule has 9 heteroatoms. The van der Waals surface area contributed by atoms with E-state index in [0.29, 0.717) is 11.6 Å². The van der Waals surface area contributed by atoms with Crippen molar-refractivity contribution in [3.63, 3.8) is 0 Å². The first-order valence-electron chi connectivity index (χ1n) is 8.02. The number of carbonyl (C=O) groups is 1. The lowest BCUT2D eigenvalue weighted by molar-refractivity contribution is -0.139. The van der Waals surface area contributed by atoms with Gasteiger partial charge < -0.3 is 9.72 Å². The molecule has 5 nitrogen and oxygen atoms in total. The number of rotatable bonds is 5. The van der Waals surface area contributed by atoms with Gasteiger partial charge in [0.1, 0.15) is 5.82 Å². The lowest BCUT2D eigenvalue weighted by Gasteiger charge is -2.10. The third-order valence-corrected chi connectivity index (χ3v) is 3.83. The number of carbonyl (C=O) groups excluding carboxylic acids is 1. The van der Waals surface area contributed by atoms with E-state index >= 15 is 0 Å².